The molecule has 0 spiro atoms. The van der Waals surface area contributed by atoms with Crippen LogP contribution in [0.1, 0.15) is 46.5 Å². The molecule has 15 heavy (non-hydrogen) atoms. The van der Waals surface area contributed by atoms with Gasteiger partial charge in [0.15, 0.2) is 0 Å². The summed E-state index contributed by atoms with van der Waals surface area (Å²) in [7, 11) is 0. The van der Waals surface area contributed by atoms with E-state index in [1.54, 1.807) is 0 Å². The number of nitrogens with one attached hydrogen (secondary N) is 1. The topological polar surface area (TPSA) is 29.1 Å². The molecule has 0 aliphatic heterocycles. The predicted molar refractivity (Wildman–Crippen MR) is 69.3 cm³/mol. The van der Waals surface area contributed by atoms with Crippen molar-refractivity contribution < 1.29 is 4.79 Å². The zero-order chi connectivity index (χ0) is 11.7. The Labute approximate surface area is 102 Å². The van der Waals surface area contributed by atoms with Crippen molar-refractivity contribution in [3.05, 3.63) is 0 Å². The van der Waals surface area contributed by atoms with E-state index in [0.29, 0.717) is 18.3 Å². The van der Waals surface area contributed by atoms with Crippen molar-refractivity contribution in [2.75, 3.05) is 11.9 Å². The number of hydrogen-bond acceptors (Lipinski definition) is 1. The Hall–Kier alpha value is -0.0500. The maximum Gasteiger partial charge on any atom is 0.220 e. The summed E-state index contributed by atoms with van der Waals surface area (Å²) in [5.74, 6) is 1.43. The fourth-order valence-electron chi connectivity index (χ4n) is 1.37. The van der Waals surface area contributed by atoms with Crippen molar-refractivity contribution >= 4 is 21.8 Å². The standard InChI is InChI=1S/C12H24BrNO/c1-4-11(7-8-13)9-14-12(15)6-5-10(2)3/h10-11H,4-9H2,1-3H3,(H,14,15). The first-order chi connectivity index (χ1) is 7.10. The molecular weight excluding hydrogens is 254 g/mol. The van der Waals surface area contributed by atoms with Crippen LogP contribution in [0, 0.1) is 11.8 Å². The fourth-order valence-corrected chi connectivity index (χ4v) is 2.02. The minimum atomic E-state index is 0.205. The van der Waals surface area contributed by atoms with Gasteiger partial charge in [-0.15, -0.1) is 0 Å². The number of carbonyl (C=O) groups excluding carboxylic acids is 1. The van der Waals surface area contributed by atoms with Crippen LogP contribution in [0.4, 0.5) is 0 Å². The summed E-state index contributed by atoms with van der Waals surface area (Å²) in [5.41, 5.74) is 0. The highest BCUT2D eigenvalue weighted by Gasteiger charge is 2.08. The van der Waals surface area contributed by atoms with Crippen molar-refractivity contribution in [3.63, 3.8) is 0 Å². The first-order valence-electron chi connectivity index (χ1n) is 5.92. The summed E-state index contributed by atoms with van der Waals surface area (Å²) in [4.78, 5) is 11.4. The molecule has 0 bridgehead atoms. The molecule has 0 aromatic rings. The Morgan fingerprint density at radius 2 is 2.00 bits per heavy atom. The number of hydrogen-bond donors (Lipinski definition) is 1. The molecule has 1 atom stereocenters. The lowest BCUT2D eigenvalue weighted by Gasteiger charge is -2.14. The molecule has 0 aliphatic carbocycles. The molecule has 0 aromatic heterocycles. The molecule has 2 nitrogen and oxygen atoms in total. The van der Waals surface area contributed by atoms with Crippen LogP contribution in [0.15, 0.2) is 0 Å². The van der Waals surface area contributed by atoms with E-state index in [4.69, 9.17) is 0 Å². The minimum Gasteiger partial charge on any atom is -0.356 e. The largest absolute Gasteiger partial charge is 0.356 e. The minimum absolute atomic E-state index is 0.205. The van der Waals surface area contributed by atoms with Crippen molar-refractivity contribution in [1.82, 2.24) is 5.32 Å². The van der Waals surface area contributed by atoms with Crippen molar-refractivity contribution in [3.8, 4) is 0 Å². The molecule has 0 saturated heterocycles. The second-order valence-corrected chi connectivity index (χ2v) is 5.28. The van der Waals surface area contributed by atoms with E-state index in [9.17, 15) is 4.79 Å². The average Bonchev–Trinajstić information content (AvgIpc) is 2.21. The highest BCUT2D eigenvalue weighted by atomic mass is 79.9. The molecule has 0 rings (SSSR count). The third-order valence-electron chi connectivity index (χ3n) is 2.63. The molecule has 90 valence electrons. The Balaban J connectivity index is 3.59. The predicted octanol–water partition coefficient (Wildman–Crippen LogP) is 3.35. The van der Waals surface area contributed by atoms with Gasteiger partial charge in [-0.3, -0.25) is 4.79 Å². The molecule has 0 aliphatic rings. The lowest BCUT2D eigenvalue weighted by Crippen LogP contribution is -2.29. The number of carbonyl (C=O) groups is 1. The number of alkyl halides is 1. The van der Waals surface area contributed by atoms with Crippen LogP contribution in [0.3, 0.4) is 0 Å². The molecule has 0 saturated carbocycles. The van der Waals surface area contributed by atoms with Crippen LogP contribution in [0.5, 0.6) is 0 Å². The van der Waals surface area contributed by atoms with E-state index in [1.807, 2.05) is 0 Å². The summed E-state index contributed by atoms with van der Waals surface area (Å²) < 4.78 is 0. The van der Waals surface area contributed by atoms with Gasteiger partial charge in [0.1, 0.15) is 0 Å². The van der Waals surface area contributed by atoms with Gasteiger partial charge in [0, 0.05) is 18.3 Å². The average molecular weight is 278 g/mol. The van der Waals surface area contributed by atoms with Crippen LogP contribution < -0.4 is 5.32 Å². The number of halogens is 1. The monoisotopic (exact) mass is 277 g/mol. The van der Waals surface area contributed by atoms with Gasteiger partial charge in [0.25, 0.3) is 0 Å². The fraction of sp³-hybridized carbons (Fsp3) is 0.917. The third-order valence-corrected chi connectivity index (χ3v) is 3.09. The normalized spacial score (nSPS) is 12.9. The molecule has 0 aromatic carbocycles. The van der Waals surface area contributed by atoms with E-state index >= 15 is 0 Å². The molecule has 0 heterocycles. The van der Waals surface area contributed by atoms with Crippen LogP contribution in [-0.2, 0) is 4.79 Å². The zero-order valence-electron chi connectivity index (χ0n) is 10.2. The second kappa shape index (κ2) is 9.20. The van der Waals surface area contributed by atoms with Crippen LogP contribution in [-0.4, -0.2) is 17.8 Å². The molecule has 1 unspecified atom stereocenters. The molecule has 0 radical (unpaired) electrons. The summed E-state index contributed by atoms with van der Waals surface area (Å²) in [6.45, 7) is 7.30. The Morgan fingerprint density at radius 3 is 2.47 bits per heavy atom. The maximum absolute atomic E-state index is 11.4. The van der Waals surface area contributed by atoms with Crippen LogP contribution in [0.25, 0.3) is 0 Å². The highest BCUT2D eigenvalue weighted by Crippen LogP contribution is 2.09. The van der Waals surface area contributed by atoms with E-state index in [-0.39, 0.29) is 5.91 Å². The van der Waals surface area contributed by atoms with Crippen LogP contribution in [0.2, 0.25) is 0 Å². The molecular formula is C12H24BrNO. The maximum atomic E-state index is 11.4. The summed E-state index contributed by atoms with van der Waals surface area (Å²) in [5, 5.41) is 4.04. The van der Waals surface area contributed by atoms with Gasteiger partial charge in [0.2, 0.25) is 5.91 Å². The van der Waals surface area contributed by atoms with Crippen molar-refractivity contribution in [2.45, 2.75) is 46.5 Å². The molecule has 0 fully saturated rings. The van der Waals surface area contributed by atoms with Crippen molar-refractivity contribution in [1.29, 1.82) is 0 Å². The van der Waals surface area contributed by atoms with Gasteiger partial charge in [0.05, 0.1) is 0 Å². The lowest BCUT2D eigenvalue weighted by molar-refractivity contribution is -0.121. The Kier molecular flexibility index (Phi) is 9.17. The van der Waals surface area contributed by atoms with E-state index in [0.717, 1.165) is 31.1 Å². The highest BCUT2D eigenvalue weighted by molar-refractivity contribution is 9.09. The van der Waals surface area contributed by atoms with Gasteiger partial charge < -0.3 is 5.32 Å². The molecule has 1 N–H and O–H groups in total. The first kappa shape index (κ1) is 14.9. The Morgan fingerprint density at radius 1 is 1.33 bits per heavy atom. The molecule has 3 heteroatoms. The van der Waals surface area contributed by atoms with Crippen molar-refractivity contribution in [2.24, 2.45) is 11.8 Å². The van der Waals surface area contributed by atoms with Gasteiger partial charge >= 0.3 is 0 Å². The SMILES string of the molecule is CCC(CCBr)CNC(=O)CCC(C)C. The summed E-state index contributed by atoms with van der Waals surface area (Å²) in [6.07, 6.45) is 3.93. The second-order valence-electron chi connectivity index (χ2n) is 4.49. The van der Waals surface area contributed by atoms with Gasteiger partial charge in [-0.2, -0.15) is 0 Å². The number of rotatable bonds is 8. The summed E-state index contributed by atoms with van der Waals surface area (Å²) >= 11 is 3.43. The first-order valence-corrected chi connectivity index (χ1v) is 7.04. The van der Waals surface area contributed by atoms with E-state index in [2.05, 4.69) is 42.0 Å². The summed E-state index contributed by atoms with van der Waals surface area (Å²) in [6, 6.07) is 0. The number of amides is 1. The van der Waals surface area contributed by atoms with Gasteiger partial charge in [-0.25, -0.2) is 0 Å². The van der Waals surface area contributed by atoms with Gasteiger partial charge in [-0.1, -0.05) is 43.1 Å². The molecule has 1 amide bonds. The smallest absolute Gasteiger partial charge is 0.220 e. The van der Waals surface area contributed by atoms with E-state index < -0.39 is 0 Å². The third kappa shape index (κ3) is 8.91. The zero-order valence-corrected chi connectivity index (χ0v) is 11.8. The van der Waals surface area contributed by atoms with E-state index in [1.165, 1.54) is 0 Å². The Bertz CT molecular complexity index is 171. The lowest BCUT2D eigenvalue weighted by atomic mass is 10.0. The quantitative estimate of drug-likeness (QED) is 0.678. The van der Waals surface area contributed by atoms with Crippen LogP contribution >= 0.6 is 15.9 Å². The van der Waals surface area contributed by atoms with Gasteiger partial charge in [-0.05, 0) is 24.7 Å².